The number of carbonyl (C=O) groups is 1. The zero-order valence-electron chi connectivity index (χ0n) is 5.94. The first-order valence-corrected chi connectivity index (χ1v) is 4.16. The van der Waals surface area contributed by atoms with Gasteiger partial charge < -0.3 is 5.32 Å². The molecule has 72 valence electrons. The lowest BCUT2D eigenvalue weighted by Crippen LogP contribution is -2.28. The van der Waals surface area contributed by atoms with Crippen LogP contribution in [0.15, 0.2) is 6.07 Å². The van der Waals surface area contributed by atoms with Crippen molar-refractivity contribution in [3.8, 4) is 0 Å². The molecule has 0 fully saturated rings. The Morgan fingerprint density at radius 1 is 1.77 bits per heavy atom. The Kier molecular flexibility index (Phi) is 2.87. The van der Waals surface area contributed by atoms with E-state index in [4.69, 9.17) is 11.6 Å². The molecule has 1 aromatic rings. The van der Waals surface area contributed by atoms with Crippen molar-refractivity contribution < 1.29 is 13.6 Å². The SMILES string of the molecule is O=C(Nc1cc(Cl)[nH]n1)C(F)(F)Br. The highest BCUT2D eigenvalue weighted by atomic mass is 79.9. The quantitative estimate of drug-likeness (QED) is 0.810. The number of nitrogens with one attached hydrogen (secondary N) is 2. The largest absolute Gasteiger partial charge is 0.378 e. The molecule has 2 N–H and O–H groups in total. The molecule has 1 heterocycles. The monoisotopic (exact) mass is 273 g/mol. The second kappa shape index (κ2) is 3.59. The van der Waals surface area contributed by atoms with E-state index in [9.17, 15) is 13.6 Å². The van der Waals surface area contributed by atoms with E-state index in [0.717, 1.165) is 0 Å². The number of amides is 1. The molecule has 0 aliphatic carbocycles. The molecule has 0 atom stereocenters. The third-order valence-corrected chi connectivity index (χ3v) is 1.60. The number of hydrogen-bond donors (Lipinski definition) is 2. The Morgan fingerprint density at radius 3 is 2.77 bits per heavy atom. The van der Waals surface area contributed by atoms with E-state index in [1.807, 2.05) is 21.2 Å². The van der Waals surface area contributed by atoms with Crippen molar-refractivity contribution in [2.75, 3.05) is 5.32 Å². The van der Waals surface area contributed by atoms with Crippen LogP contribution in [0.3, 0.4) is 0 Å². The predicted octanol–water partition coefficient (Wildman–Crippen LogP) is 1.99. The molecule has 0 radical (unpaired) electrons. The van der Waals surface area contributed by atoms with Gasteiger partial charge >= 0.3 is 10.7 Å². The van der Waals surface area contributed by atoms with Gasteiger partial charge in [-0.05, 0) is 0 Å². The number of carbonyl (C=O) groups excluding carboxylic acids is 1. The number of halogens is 4. The van der Waals surface area contributed by atoms with Gasteiger partial charge in [-0.2, -0.15) is 13.9 Å². The Bertz CT molecular complexity index is 324. The third kappa shape index (κ3) is 2.92. The normalized spacial score (nSPS) is 11.4. The number of H-pyrrole nitrogens is 1. The summed E-state index contributed by atoms with van der Waals surface area (Å²) in [5.41, 5.74) is 0. The summed E-state index contributed by atoms with van der Waals surface area (Å²) in [5.74, 6) is -1.57. The lowest BCUT2D eigenvalue weighted by molar-refractivity contribution is -0.128. The standard InChI is InChI=1S/C5H3BrClF2N3O/c6-5(8,9)4(13)10-3-1-2(7)11-12-3/h1H,(H2,10,11,12,13). The molecule has 4 nitrogen and oxygen atoms in total. The van der Waals surface area contributed by atoms with E-state index in [-0.39, 0.29) is 11.0 Å². The number of aromatic nitrogens is 2. The molecular weight excluding hydrogens is 271 g/mol. The van der Waals surface area contributed by atoms with Crippen molar-refractivity contribution in [3.05, 3.63) is 11.2 Å². The molecule has 0 unspecified atom stereocenters. The maximum atomic E-state index is 12.2. The van der Waals surface area contributed by atoms with Gasteiger partial charge in [0, 0.05) is 22.0 Å². The van der Waals surface area contributed by atoms with Crippen LogP contribution >= 0.6 is 27.5 Å². The number of aromatic amines is 1. The maximum Gasteiger partial charge on any atom is 0.378 e. The van der Waals surface area contributed by atoms with Gasteiger partial charge in [0.2, 0.25) is 0 Å². The van der Waals surface area contributed by atoms with E-state index in [1.165, 1.54) is 6.07 Å². The predicted molar refractivity (Wildman–Crippen MR) is 46.1 cm³/mol. The average molecular weight is 274 g/mol. The number of nitrogens with zero attached hydrogens (tertiary/aromatic N) is 1. The summed E-state index contributed by atoms with van der Waals surface area (Å²) in [7, 11) is 0. The average Bonchev–Trinajstić information content (AvgIpc) is 2.33. The molecule has 0 aliphatic heterocycles. The molecule has 0 spiro atoms. The highest BCUT2D eigenvalue weighted by molar-refractivity contribution is 9.10. The van der Waals surface area contributed by atoms with Crippen LogP contribution in [-0.4, -0.2) is 20.9 Å². The van der Waals surface area contributed by atoms with Gasteiger partial charge in [-0.1, -0.05) is 11.6 Å². The van der Waals surface area contributed by atoms with Crippen molar-refractivity contribution in [1.82, 2.24) is 10.2 Å². The number of anilines is 1. The summed E-state index contributed by atoms with van der Waals surface area (Å²) in [6.45, 7) is 0. The Morgan fingerprint density at radius 2 is 2.38 bits per heavy atom. The van der Waals surface area contributed by atoms with E-state index in [2.05, 4.69) is 10.2 Å². The fourth-order valence-corrected chi connectivity index (χ4v) is 0.794. The number of alkyl halides is 3. The van der Waals surface area contributed by atoms with Gasteiger partial charge in [0.15, 0.2) is 5.82 Å². The van der Waals surface area contributed by atoms with Crippen LogP contribution < -0.4 is 5.32 Å². The van der Waals surface area contributed by atoms with E-state index < -0.39 is 10.7 Å². The lowest BCUT2D eigenvalue weighted by atomic mass is 10.5. The Hall–Kier alpha value is -0.690. The fraction of sp³-hybridized carbons (Fsp3) is 0.200. The molecule has 0 bridgehead atoms. The van der Waals surface area contributed by atoms with Crippen LogP contribution in [0.5, 0.6) is 0 Å². The van der Waals surface area contributed by atoms with Gasteiger partial charge in [-0.15, -0.1) is 0 Å². The molecule has 0 saturated carbocycles. The lowest BCUT2D eigenvalue weighted by Gasteiger charge is -2.05. The number of hydrogen-bond acceptors (Lipinski definition) is 2. The molecule has 0 aromatic carbocycles. The molecule has 1 rings (SSSR count). The zero-order valence-corrected chi connectivity index (χ0v) is 8.29. The van der Waals surface area contributed by atoms with Crippen molar-refractivity contribution in [2.45, 2.75) is 4.83 Å². The van der Waals surface area contributed by atoms with E-state index in [1.54, 1.807) is 0 Å². The molecule has 1 amide bonds. The smallest absolute Gasteiger partial charge is 0.303 e. The molecule has 8 heteroatoms. The van der Waals surface area contributed by atoms with Crippen molar-refractivity contribution in [1.29, 1.82) is 0 Å². The first-order valence-electron chi connectivity index (χ1n) is 2.98. The Labute approximate surface area is 84.8 Å². The van der Waals surface area contributed by atoms with Gasteiger partial charge in [-0.3, -0.25) is 9.89 Å². The van der Waals surface area contributed by atoms with Crippen LogP contribution in [0.2, 0.25) is 5.15 Å². The Balaban J connectivity index is 2.65. The van der Waals surface area contributed by atoms with Gasteiger partial charge in [0.25, 0.3) is 0 Å². The first kappa shape index (κ1) is 10.4. The van der Waals surface area contributed by atoms with E-state index >= 15 is 0 Å². The zero-order chi connectivity index (χ0) is 10.1. The van der Waals surface area contributed by atoms with Gasteiger partial charge in [0.1, 0.15) is 5.15 Å². The molecule has 0 saturated heterocycles. The molecule has 0 aliphatic rings. The molecule has 1 aromatic heterocycles. The summed E-state index contributed by atoms with van der Waals surface area (Å²) in [5, 5.41) is 7.68. The fourth-order valence-electron chi connectivity index (χ4n) is 0.549. The van der Waals surface area contributed by atoms with E-state index in [0.29, 0.717) is 0 Å². The highest BCUT2D eigenvalue weighted by Crippen LogP contribution is 2.23. The van der Waals surface area contributed by atoms with Gasteiger partial charge in [0.05, 0.1) is 0 Å². The van der Waals surface area contributed by atoms with Crippen molar-refractivity contribution in [3.63, 3.8) is 0 Å². The molecule has 13 heavy (non-hydrogen) atoms. The minimum absolute atomic E-state index is 0.0610. The van der Waals surface area contributed by atoms with Gasteiger partial charge in [-0.25, -0.2) is 0 Å². The molecular formula is C5H3BrClF2N3O. The van der Waals surface area contributed by atoms with Crippen LogP contribution in [0.4, 0.5) is 14.6 Å². The first-order chi connectivity index (χ1) is 5.89. The van der Waals surface area contributed by atoms with Crippen LogP contribution in [0, 0.1) is 0 Å². The van der Waals surface area contributed by atoms with Crippen LogP contribution in [-0.2, 0) is 4.79 Å². The summed E-state index contributed by atoms with van der Waals surface area (Å²) >= 11 is 7.28. The van der Waals surface area contributed by atoms with Crippen LogP contribution in [0.1, 0.15) is 0 Å². The van der Waals surface area contributed by atoms with Crippen molar-refractivity contribution >= 4 is 39.3 Å². The minimum Gasteiger partial charge on any atom is -0.303 e. The third-order valence-electron chi connectivity index (χ3n) is 1.05. The maximum absolute atomic E-state index is 12.2. The highest BCUT2D eigenvalue weighted by Gasteiger charge is 2.35. The summed E-state index contributed by atoms with van der Waals surface area (Å²) in [6.07, 6.45) is 0. The minimum atomic E-state index is -3.61. The van der Waals surface area contributed by atoms with Crippen LogP contribution in [0.25, 0.3) is 0 Å². The second-order valence-electron chi connectivity index (χ2n) is 2.05. The summed E-state index contributed by atoms with van der Waals surface area (Å²) in [4.78, 5) is 7.03. The topological polar surface area (TPSA) is 57.8 Å². The summed E-state index contributed by atoms with van der Waals surface area (Å²) < 4.78 is 24.5. The summed E-state index contributed by atoms with van der Waals surface area (Å²) in [6, 6.07) is 1.21. The van der Waals surface area contributed by atoms with Crippen molar-refractivity contribution in [2.24, 2.45) is 0 Å². The number of rotatable bonds is 2. The second-order valence-corrected chi connectivity index (χ2v) is 3.46.